The van der Waals surface area contributed by atoms with Crippen LogP contribution in [0.4, 0.5) is 0 Å². The Labute approximate surface area is 158 Å². The Balaban J connectivity index is 1.95. The first-order valence-electron chi connectivity index (χ1n) is 9.04. The number of carbonyl (C=O) groups is 3. The van der Waals surface area contributed by atoms with Gasteiger partial charge in [0.25, 0.3) is 5.91 Å². The van der Waals surface area contributed by atoms with E-state index in [9.17, 15) is 19.5 Å². The smallest absolute Gasteiger partial charge is 0.307 e. The van der Waals surface area contributed by atoms with Crippen LogP contribution in [-0.2, 0) is 9.59 Å². The number of amides is 2. The fraction of sp³-hybridized carbons (Fsp3) is 0.450. The molecule has 1 aromatic rings. The molecule has 2 amide bonds. The number of aliphatic carboxylic acids is 1. The van der Waals surface area contributed by atoms with E-state index in [2.05, 4.69) is 10.9 Å². The van der Waals surface area contributed by atoms with Gasteiger partial charge in [-0.1, -0.05) is 18.1 Å². The molecule has 1 aliphatic rings. The van der Waals surface area contributed by atoms with E-state index in [0.29, 0.717) is 30.8 Å². The van der Waals surface area contributed by atoms with Gasteiger partial charge in [0.05, 0.1) is 18.4 Å². The third-order valence-electron chi connectivity index (χ3n) is 4.81. The SMILES string of the molecule is CCCOc1ccc(C(=O)NNC(=O)[C@@H]2CC(C)=C(C)C[C@H]2C(=O)O)cc1. The molecule has 1 aromatic carbocycles. The van der Waals surface area contributed by atoms with E-state index >= 15 is 0 Å². The topological polar surface area (TPSA) is 105 Å². The van der Waals surface area contributed by atoms with E-state index in [4.69, 9.17) is 4.74 Å². The molecule has 0 unspecified atom stereocenters. The van der Waals surface area contributed by atoms with Gasteiger partial charge in [0.15, 0.2) is 0 Å². The van der Waals surface area contributed by atoms with Crippen LogP contribution in [0.5, 0.6) is 5.75 Å². The average Bonchev–Trinajstić information content (AvgIpc) is 2.66. The Bertz CT molecular complexity index is 739. The summed E-state index contributed by atoms with van der Waals surface area (Å²) >= 11 is 0. The van der Waals surface area contributed by atoms with Crippen molar-refractivity contribution in [1.82, 2.24) is 10.9 Å². The van der Waals surface area contributed by atoms with Gasteiger partial charge < -0.3 is 9.84 Å². The first-order chi connectivity index (χ1) is 12.8. The first kappa shape index (κ1) is 20.5. The Hall–Kier alpha value is -2.83. The maximum atomic E-state index is 12.4. The predicted octanol–water partition coefficient (Wildman–Crippen LogP) is 2.68. The standard InChI is InChI=1S/C20H26N2O5/c1-4-9-27-15-7-5-14(6-8-15)18(23)21-22-19(24)16-10-12(2)13(3)11-17(16)20(25)26/h5-8,16-17H,4,9-11H2,1-3H3,(H,21,23)(H,22,24)(H,25,26)/t16-,17-/m1/s1. The van der Waals surface area contributed by atoms with Crippen LogP contribution in [0.3, 0.4) is 0 Å². The number of nitrogens with one attached hydrogen (secondary N) is 2. The predicted molar refractivity (Wildman–Crippen MR) is 100 cm³/mol. The number of hydrazine groups is 1. The number of allylic oxidation sites excluding steroid dienone is 2. The number of carbonyl (C=O) groups excluding carboxylic acids is 2. The zero-order valence-electron chi connectivity index (χ0n) is 15.9. The second-order valence-corrected chi connectivity index (χ2v) is 6.84. The number of rotatable bonds is 6. The molecule has 27 heavy (non-hydrogen) atoms. The largest absolute Gasteiger partial charge is 0.494 e. The van der Waals surface area contributed by atoms with Crippen molar-refractivity contribution >= 4 is 17.8 Å². The quantitative estimate of drug-likeness (QED) is 0.524. The van der Waals surface area contributed by atoms with Crippen molar-refractivity contribution in [3.05, 3.63) is 41.0 Å². The molecule has 7 heteroatoms. The summed E-state index contributed by atoms with van der Waals surface area (Å²) in [7, 11) is 0. The number of benzene rings is 1. The lowest BCUT2D eigenvalue weighted by molar-refractivity contribution is -0.147. The Morgan fingerprint density at radius 3 is 2.19 bits per heavy atom. The van der Waals surface area contributed by atoms with Crippen LogP contribution < -0.4 is 15.6 Å². The molecule has 146 valence electrons. The Kier molecular flexibility index (Phi) is 6.98. The molecule has 0 saturated carbocycles. The number of carboxylic acid groups (broad SMARTS) is 1. The molecule has 0 radical (unpaired) electrons. The monoisotopic (exact) mass is 374 g/mol. The highest BCUT2D eigenvalue weighted by atomic mass is 16.5. The van der Waals surface area contributed by atoms with Crippen molar-refractivity contribution in [2.24, 2.45) is 11.8 Å². The maximum Gasteiger partial charge on any atom is 0.307 e. The number of ether oxygens (including phenoxy) is 1. The molecule has 2 rings (SSSR count). The van der Waals surface area contributed by atoms with E-state index in [-0.39, 0.29) is 0 Å². The highest BCUT2D eigenvalue weighted by Crippen LogP contribution is 2.34. The molecule has 0 heterocycles. The van der Waals surface area contributed by atoms with Crippen LogP contribution in [-0.4, -0.2) is 29.5 Å². The molecule has 3 N–H and O–H groups in total. The van der Waals surface area contributed by atoms with Gasteiger partial charge >= 0.3 is 5.97 Å². The summed E-state index contributed by atoms with van der Waals surface area (Å²) in [6.07, 6.45) is 1.60. The highest BCUT2D eigenvalue weighted by molar-refractivity contribution is 5.96. The fourth-order valence-electron chi connectivity index (χ4n) is 3.03. The molecule has 0 bridgehead atoms. The molecule has 0 spiro atoms. The first-order valence-corrected chi connectivity index (χ1v) is 9.04. The second kappa shape index (κ2) is 9.21. The minimum atomic E-state index is -1.00. The molecular formula is C20H26N2O5. The van der Waals surface area contributed by atoms with Crippen molar-refractivity contribution < 1.29 is 24.2 Å². The molecule has 0 aliphatic heterocycles. The van der Waals surface area contributed by atoms with Gasteiger partial charge in [0, 0.05) is 5.56 Å². The number of carboxylic acids is 1. The normalized spacial score (nSPS) is 19.4. The van der Waals surface area contributed by atoms with Crippen LogP contribution in [0.15, 0.2) is 35.4 Å². The molecule has 1 aliphatic carbocycles. The zero-order valence-corrected chi connectivity index (χ0v) is 15.9. The molecule has 0 saturated heterocycles. The van der Waals surface area contributed by atoms with E-state index < -0.39 is 29.6 Å². The number of hydrogen-bond donors (Lipinski definition) is 3. The fourth-order valence-corrected chi connectivity index (χ4v) is 3.03. The van der Waals surface area contributed by atoms with Crippen LogP contribution in [0.25, 0.3) is 0 Å². The summed E-state index contributed by atoms with van der Waals surface area (Å²) in [5.41, 5.74) is 7.10. The van der Waals surface area contributed by atoms with Crippen molar-refractivity contribution in [3.63, 3.8) is 0 Å². The van der Waals surface area contributed by atoms with Gasteiger partial charge in [0.1, 0.15) is 5.75 Å². The van der Waals surface area contributed by atoms with Gasteiger partial charge in [-0.2, -0.15) is 0 Å². The van der Waals surface area contributed by atoms with E-state index in [1.807, 2.05) is 20.8 Å². The van der Waals surface area contributed by atoms with Crippen molar-refractivity contribution in [2.75, 3.05) is 6.61 Å². The third-order valence-corrected chi connectivity index (χ3v) is 4.81. The van der Waals surface area contributed by atoms with Crippen LogP contribution in [0.1, 0.15) is 50.4 Å². The highest BCUT2D eigenvalue weighted by Gasteiger charge is 2.37. The van der Waals surface area contributed by atoms with E-state index in [1.54, 1.807) is 24.3 Å². The lowest BCUT2D eigenvalue weighted by Crippen LogP contribution is -2.48. The van der Waals surface area contributed by atoms with Crippen molar-refractivity contribution in [1.29, 1.82) is 0 Å². The number of hydrogen-bond acceptors (Lipinski definition) is 4. The summed E-state index contributed by atoms with van der Waals surface area (Å²) in [5.74, 6) is -2.81. The van der Waals surface area contributed by atoms with E-state index in [0.717, 1.165) is 17.6 Å². The molecule has 0 aromatic heterocycles. The summed E-state index contributed by atoms with van der Waals surface area (Å²) in [6.45, 7) is 6.38. The summed E-state index contributed by atoms with van der Waals surface area (Å²) in [5, 5.41) is 9.40. The van der Waals surface area contributed by atoms with Crippen molar-refractivity contribution in [3.8, 4) is 5.75 Å². The second-order valence-electron chi connectivity index (χ2n) is 6.84. The van der Waals surface area contributed by atoms with Crippen molar-refractivity contribution in [2.45, 2.75) is 40.0 Å². The molecule has 7 nitrogen and oxygen atoms in total. The van der Waals surface area contributed by atoms with Gasteiger partial charge in [-0.05, 0) is 57.4 Å². The van der Waals surface area contributed by atoms with E-state index in [1.165, 1.54) is 0 Å². The van der Waals surface area contributed by atoms with Crippen LogP contribution >= 0.6 is 0 Å². The zero-order chi connectivity index (χ0) is 20.0. The van der Waals surface area contributed by atoms with Crippen LogP contribution in [0.2, 0.25) is 0 Å². The third kappa shape index (κ3) is 5.32. The van der Waals surface area contributed by atoms with Crippen LogP contribution in [0, 0.1) is 11.8 Å². The molecular weight excluding hydrogens is 348 g/mol. The minimum Gasteiger partial charge on any atom is -0.494 e. The van der Waals surface area contributed by atoms with Gasteiger partial charge in [-0.25, -0.2) is 0 Å². The maximum absolute atomic E-state index is 12.4. The summed E-state index contributed by atoms with van der Waals surface area (Å²) in [4.78, 5) is 36.1. The summed E-state index contributed by atoms with van der Waals surface area (Å²) < 4.78 is 5.46. The molecule has 2 atom stereocenters. The Morgan fingerprint density at radius 1 is 1.04 bits per heavy atom. The minimum absolute atomic E-state index is 0.340. The lowest BCUT2D eigenvalue weighted by Gasteiger charge is -2.29. The molecule has 0 fully saturated rings. The van der Waals surface area contributed by atoms with Gasteiger partial charge in [-0.15, -0.1) is 0 Å². The lowest BCUT2D eigenvalue weighted by atomic mass is 9.76. The summed E-state index contributed by atoms with van der Waals surface area (Å²) in [6, 6.07) is 6.57. The average molecular weight is 374 g/mol. The Morgan fingerprint density at radius 2 is 1.63 bits per heavy atom. The van der Waals surface area contributed by atoms with Gasteiger partial charge in [0.2, 0.25) is 5.91 Å². The van der Waals surface area contributed by atoms with Gasteiger partial charge in [-0.3, -0.25) is 25.2 Å².